The number of aliphatic carboxylic acids is 1. The highest BCUT2D eigenvalue weighted by Crippen LogP contribution is 2.31. The molecule has 2 atom stereocenters. The predicted octanol–water partition coefficient (Wildman–Crippen LogP) is 5.42. The molecule has 1 saturated carbocycles. The van der Waals surface area contributed by atoms with E-state index in [0.29, 0.717) is 23.8 Å². The van der Waals surface area contributed by atoms with Crippen molar-refractivity contribution in [2.75, 3.05) is 0 Å². The molecule has 1 aliphatic rings. The molecule has 0 bridgehead atoms. The van der Waals surface area contributed by atoms with Crippen molar-refractivity contribution in [1.82, 2.24) is 15.2 Å². The van der Waals surface area contributed by atoms with Crippen LogP contribution in [0, 0.1) is 5.92 Å². The number of ether oxygens (including phenoxy) is 1. The zero-order valence-electron chi connectivity index (χ0n) is 21.7. The number of hydrogen-bond acceptors (Lipinski definition) is 5. The van der Waals surface area contributed by atoms with E-state index < -0.39 is 29.8 Å². The minimum Gasteiger partial charge on any atom is -0.480 e. The molecule has 3 N–H and O–H groups in total. The molecule has 2 unspecified atom stereocenters. The van der Waals surface area contributed by atoms with E-state index in [-0.39, 0.29) is 28.7 Å². The summed E-state index contributed by atoms with van der Waals surface area (Å²) in [7, 11) is 0. The fraction of sp³-hybridized carbons (Fsp3) is 0.379. The van der Waals surface area contributed by atoms with Gasteiger partial charge in [-0.25, -0.2) is 9.59 Å². The van der Waals surface area contributed by atoms with Crippen LogP contribution in [0.5, 0.6) is 0 Å². The number of carbonyl (C=O) groups is 4. The van der Waals surface area contributed by atoms with Gasteiger partial charge in [0.25, 0.3) is 11.7 Å². The maximum atomic E-state index is 13.8. The Hall–Kier alpha value is -3.41. The van der Waals surface area contributed by atoms with Crippen LogP contribution in [0.3, 0.4) is 0 Å². The standard InChI is InChI=1S/C29H32IN3O6/c1-18(30)39-29(38)32-15-19-8-7-9-20(14-19)17-33(25(28(36)37)21-10-3-2-4-11-21)27(35)26(34)23-16-31-24-13-6-5-12-22(23)24/h5-9,12-14,16,18,21,25,31H,2-4,10-11,15,17H2,1H3,(H,32,38)(H,36,37). The van der Waals surface area contributed by atoms with Gasteiger partial charge in [0.2, 0.25) is 0 Å². The third-order valence-electron chi connectivity index (χ3n) is 7.02. The van der Waals surface area contributed by atoms with Crippen LogP contribution in [0.15, 0.2) is 54.7 Å². The summed E-state index contributed by atoms with van der Waals surface area (Å²) in [6.45, 7) is 1.89. The summed E-state index contributed by atoms with van der Waals surface area (Å²) in [6.07, 6.45) is 5.12. The number of aromatic amines is 1. The number of rotatable bonds is 10. The molecule has 10 heteroatoms. The number of nitrogens with one attached hydrogen (secondary N) is 2. The third-order valence-corrected chi connectivity index (χ3v) is 7.28. The largest absolute Gasteiger partial charge is 0.480 e. The minimum atomic E-state index is -1.13. The van der Waals surface area contributed by atoms with Gasteiger partial charge in [-0.3, -0.25) is 9.59 Å². The lowest BCUT2D eigenvalue weighted by Crippen LogP contribution is -2.51. The Morgan fingerprint density at radius 1 is 1.08 bits per heavy atom. The molecular formula is C29H32IN3O6. The first-order chi connectivity index (χ1) is 18.7. The van der Waals surface area contributed by atoms with Crippen LogP contribution in [0.4, 0.5) is 4.79 Å². The second-order valence-electron chi connectivity index (χ2n) is 9.81. The second kappa shape index (κ2) is 13.1. The average Bonchev–Trinajstić information content (AvgIpc) is 3.35. The molecule has 206 valence electrons. The smallest absolute Gasteiger partial charge is 0.408 e. The molecule has 1 fully saturated rings. The number of carbonyl (C=O) groups excluding carboxylic acids is 3. The van der Waals surface area contributed by atoms with Crippen LogP contribution in [-0.4, -0.2) is 48.9 Å². The highest BCUT2D eigenvalue weighted by Gasteiger charge is 2.39. The first-order valence-corrected chi connectivity index (χ1v) is 14.3. The summed E-state index contributed by atoms with van der Waals surface area (Å²) in [5.41, 5.74) is 2.35. The number of H-pyrrole nitrogens is 1. The molecule has 0 radical (unpaired) electrons. The molecule has 2 amide bonds. The van der Waals surface area contributed by atoms with Crippen molar-refractivity contribution >= 4 is 57.2 Å². The number of amides is 2. The molecule has 0 spiro atoms. The van der Waals surface area contributed by atoms with Gasteiger partial charge in [-0.1, -0.05) is 61.7 Å². The quantitative estimate of drug-likeness (QED) is 0.117. The van der Waals surface area contributed by atoms with Gasteiger partial charge in [0.1, 0.15) is 6.04 Å². The van der Waals surface area contributed by atoms with E-state index in [2.05, 4.69) is 10.3 Å². The fourth-order valence-electron chi connectivity index (χ4n) is 5.24. The average molecular weight is 645 g/mol. The molecule has 4 rings (SSSR count). The number of ketones is 1. The lowest BCUT2D eigenvalue weighted by molar-refractivity contribution is -0.152. The van der Waals surface area contributed by atoms with Gasteiger partial charge in [0, 0.05) is 30.2 Å². The second-order valence-corrected chi connectivity index (χ2v) is 11.6. The first kappa shape index (κ1) is 28.6. The number of halogens is 1. The molecule has 1 heterocycles. The molecule has 3 aromatic rings. The van der Waals surface area contributed by atoms with Crippen LogP contribution < -0.4 is 5.32 Å². The van der Waals surface area contributed by atoms with Crippen LogP contribution in [0.25, 0.3) is 10.9 Å². The molecule has 0 aliphatic heterocycles. The zero-order chi connectivity index (χ0) is 27.9. The van der Waals surface area contributed by atoms with Crippen molar-refractivity contribution in [1.29, 1.82) is 0 Å². The molecule has 9 nitrogen and oxygen atoms in total. The normalized spacial score (nSPS) is 15.3. The van der Waals surface area contributed by atoms with E-state index >= 15 is 0 Å². The lowest BCUT2D eigenvalue weighted by Gasteiger charge is -2.36. The van der Waals surface area contributed by atoms with Gasteiger partial charge < -0.3 is 25.0 Å². The van der Waals surface area contributed by atoms with Crippen LogP contribution in [0.2, 0.25) is 0 Å². The topological polar surface area (TPSA) is 129 Å². The van der Waals surface area contributed by atoms with Crippen LogP contribution in [-0.2, 0) is 27.4 Å². The maximum Gasteiger partial charge on any atom is 0.408 e. The van der Waals surface area contributed by atoms with E-state index in [1.807, 2.05) is 40.8 Å². The molecule has 39 heavy (non-hydrogen) atoms. The van der Waals surface area contributed by atoms with Crippen molar-refractivity contribution in [2.24, 2.45) is 5.92 Å². The number of fused-ring (bicyclic) bond motifs is 1. The SMILES string of the molecule is CC(I)OC(=O)NCc1cccc(CN(C(=O)C(=O)c2c[nH]c3ccccc23)C(C(=O)O)C2CCCCC2)c1. The van der Waals surface area contributed by atoms with Crippen molar-refractivity contribution in [3.63, 3.8) is 0 Å². The van der Waals surface area contributed by atoms with Gasteiger partial charge in [-0.05, 0) is 65.5 Å². The zero-order valence-corrected chi connectivity index (χ0v) is 23.8. The number of Topliss-reactive ketones (excluding diaryl/α,β-unsaturated/α-hetero) is 1. The number of alkyl halides is 1. The van der Waals surface area contributed by atoms with Crippen molar-refractivity contribution in [3.8, 4) is 0 Å². The Morgan fingerprint density at radius 3 is 2.51 bits per heavy atom. The van der Waals surface area contributed by atoms with Crippen molar-refractivity contribution in [2.45, 2.75) is 62.3 Å². The van der Waals surface area contributed by atoms with Gasteiger partial charge in [-0.15, -0.1) is 0 Å². The predicted molar refractivity (Wildman–Crippen MR) is 154 cm³/mol. The minimum absolute atomic E-state index is 0.0521. The third kappa shape index (κ3) is 7.17. The Labute approximate surface area is 240 Å². The van der Waals surface area contributed by atoms with Crippen LogP contribution in [0.1, 0.15) is 60.5 Å². The monoisotopic (exact) mass is 645 g/mol. The number of alkyl carbamates (subject to hydrolysis) is 1. The number of aromatic nitrogens is 1. The highest BCUT2D eigenvalue weighted by atomic mass is 127. The van der Waals surface area contributed by atoms with Crippen molar-refractivity contribution in [3.05, 3.63) is 71.4 Å². The Kier molecular flexibility index (Phi) is 9.60. The summed E-state index contributed by atoms with van der Waals surface area (Å²) >= 11 is 1.98. The number of hydrogen-bond donors (Lipinski definition) is 3. The Balaban J connectivity index is 1.63. The van der Waals surface area contributed by atoms with E-state index in [1.54, 1.807) is 37.3 Å². The number of benzene rings is 2. The Morgan fingerprint density at radius 2 is 1.79 bits per heavy atom. The molecular weight excluding hydrogens is 613 g/mol. The fourth-order valence-corrected chi connectivity index (χ4v) is 5.47. The van der Waals surface area contributed by atoms with Gasteiger partial charge in [0.05, 0.1) is 5.56 Å². The molecule has 2 aromatic carbocycles. The maximum absolute atomic E-state index is 13.8. The van der Waals surface area contributed by atoms with Gasteiger partial charge >= 0.3 is 12.1 Å². The number of para-hydroxylation sites is 1. The summed E-state index contributed by atoms with van der Waals surface area (Å²) in [5, 5.41) is 13.6. The molecule has 1 aliphatic carbocycles. The Bertz CT molecular complexity index is 1350. The van der Waals surface area contributed by atoms with E-state index in [4.69, 9.17) is 4.74 Å². The van der Waals surface area contributed by atoms with E-state index in [1.165, 1.54) is 11.1 Å². The highest BCUT2D eigenvalue weighted by molar-refractivity contribution is 14.1. The van der Waals surface area contributed by atoms with Crippen LogP contribution >= 0.6 is 22.6 Å². The van der Waals surface area contributed by atoms with Crippen molar-refractivity contribution < 1.29 is 29.0 Å². The summed E-state index contributed by atoms with van der Waals surface area (Å²) in [6, 6.07) is 13.2. The van der Waals surface area contributed by atoms with Gasteiger partial charge in [0.15, 0.2) is 4.11 Å². The van der Waals surface area contributed by atoms with E-state index in [9.17, 15) is 24.3 Å². The molecule has 1 aromatic heterocycles. The van der Waals surface area contributed by atoms with Gasteiger partial charge in [-0.2, -0.15) is 0 Å². The number of carboxylic acids is 1. The van der Waals surface area contributed by atoms with E-state index in [0.717, 1.165) is 30.3 Å². The number of nitrogens with zero attached hydrogens (tertiary/aromatic N) is 1. The first-order valence-electron chi connectivity index (χ1n) is 13.0. The summed E-state index contributed by atoms with van der Waals surface area (Å²) < 4.78 is 4.81. The summed E-state index contributed by atoms with van der Waals surface area (Å²) in [4.78, 5) is 56.1. The summed E-state index contributed by atoms with van der Waals surface area (Å²) in [5.74, 6) is -2.95. The lowest BCUT2D eigenvalue weighted by atomic mass is 9.82. The molecule has 0 saturated heterocycles. The number of carboxylic acid groups (broad SMARTS) is 1.